The fourth-order valence-electron chi connectivity index (χ4n) is 4.73. The Bertz CT molecular complexity index is 1200. The van der Waals surface area contributed by atoms with Crippen LogP contribution in [0.4, 0.5) is 0 Å². The number of hydrogen-bond acceptors (Lipinski definition) is 19. The topological polar surface area (TPSA) is 229 Å². The van der Waals surface area contributed by atoms with E-state index in [9.17, 15) is 38.4 Å². The second-order valence-corrected chi connectivity index (χ2v) is 11.6. The molecule has 0 N–H and O–H groups in total. The first-order valence-electron chi connectivity index (χ1n) is 14.2. The molecule has 47 heavy (non-hydrogen) atoms. The monoisotopic (exact) mass is 694 g/mol. The molecule has 0 aliphatic carbocycles. The smallest absolute Gasteiger partial charge is 0.303 e. The standard InChI is InChI=1S/C28H38O18S/c1-11(29)37-9-19-21(39-13(3)31)23(40-14(4)32)25(42-16(6)34)27(45-19)46-22-20(10-38-12(2)30)47-28(44-18(8)36)26(43-17(7)35)24(22)41-15(5)33/h19-28H,9-10H2,1-8H3/t19-,20-,21+,22-,23+,24+,25-,26-,27+,28-/m1/s1. The van der Waals surface area contributed by atoms with Crippen molar-refractivity contribution in [3.63, 3.8) is 0 Å². The molecule has 0 bridgehead atoms. The average molecular weight is 695 g/mol. The van der Waals surface area contributed by atoms with E-state index in [0.717, 1.165) is 67.2 Å². The summed E-state index contributed by atoms with van der Waals surface area (Å²) in [5.74, 6) is -6.66. The molecule has 0 spiro atoms. The van der Waals surface area contributed by atoms with Gasteiger partial charge >= 0.3 is 47.8 Å². The lowest BCUT2D eigenvalue weighted by atomic mass is 9.97. The highest BCUT2D eigenvalue weighted by molar-refractivity contribution is 8.00. The van der Waals surface area contributed by atoms with E-state index in [1.807, 2.05) is 0 Å². The molecule has 2 aliphatic heterocycles. The second-order valence-electron chi connectivity index (χ2n) is 10.3. The lowest BCUT2D eigenvalue weighted by molar-refractivity contribution is -0.325. The molecule has 264 valence electrons. The molecule has 0 saturated carbocycles. The van der Waals surface area contributed by atoms with Gasteiger partial charge in [0.1, 0.15) is 25.4 Å². The first-order chi connectivity index (χ1) is 21.9. The molecule has 0 aromatic heterocycles. The number of esters is 8. The lowest BCUT2D eigenvalue weighted by Gasteiger charge is -2.48. The summed E-state index contributed by atoms with van der Waals surface area (Å²) >= 11 is 0.829. The summed E-state index contributed by atoms with van der Waals surface area (Å²) in [7, 11) is 0. The quantitative estimate of drug-likeness (QED) is 0.192. The Morgan fingerprint density at radius 1 is 0.468 bits per heavy atom. The average Bonchev–Trinajstić information content (AvgIpc) is 2.91. The maximum atomic E-state index is 12.3. The third kappa shape index (κ3) is 12.3. The van der Waals surface area contributed by atoms with Crippen LogP contribution in [0, 0.1) is 0 Å². The van der Waals surface area contributed by atoms with Crippen molar-refractivity contribution in [1.82, 2.24) is 0 Å². The summed E-state index contributed by atoms with van der Waals surface area (Å²) in [6.07, 6.45) is -12.5. The molecular weight excluding hydrogens is 656 g/mol. The van der Waals surface area contributed by atoms with Gasteiger partial charge in [-0.3, -0.25) is 38.4 Å². The Morgan fingerprint density at radius 3 is 1.34 bits per heavy atom. The molecule has 2 fully saturated rings. The molecule has 10 atom stereocenters. The van der Waals surface area contributed by atoms with Crippen LogP contribution in [-0.2, 0) is 85.7 Å². The minimum atomic E-state index is -1.76. The van der Waals surface area contributed by atoms with Crippen molar-refractivity contribution in [1.29, 1.82) is 0 Å². The maximum Gasteiger partial charge on any atom is 0.303 e. The summed E-state index contributed by atoms with van der Waals surface area (Å²) in [6, 6.07) is 0. The van der Waals surface area contributed by atoms with Crippen molar-refractivity contribution in [3.05, 3.63) is 0 Å². The lowest BCUT2D eigenvalue weighted by Crippen LogP contribution is -2.66. The van der Waals surface area contributed by atoms with E-state index in [4.69, 9.17) is 47.4 Å². The second kappa shape index (κ2) is 17.8. The fraction of sp³-hybridized carbons (Fsp3) is 0.714. The summed E-state index contributed by atoms with van der Waals surface area (Å²) in [5.41, 5.74) is -1.29. The highest BCUT2D eigenvalue weighted by Crippen LogP contribution is 2.41. The number of ether oxygens (including phenoxy) is 10. The molecule has 0 aromatic rings. The number of rotatable bonds is 12. The molecule has 2 rings (SSSR count). The van der Waals surface area contributed by atoms with E-state index in [2.05, 4.69) is 0 Å². The zero-order chi connectivity index (χ0) is 35.6. The minimum Gasteiger partial charge on any atom is -0.465 e. The van der Waals surface area contributed by atoms with Gasteiger partial charge in [-0.05, 0) is 0 Å². The van der Waals surface area contributed by atoms with Gasteiger partial charge in [-0.15, -0.1) is 11.8 Å². The Kier molecular flexibility index (Phi) is 14.9. The van der Waals surface area contributed by atoms with Crippen LogP contribution in [0.2, 0.25) is 0 Å². The van der Waals surface area contributed by atoms with Crippen molar-refractivity contribution in [2.24, 2.45) is 0 Å². The molecule has 0 unspecified atom stereocenters. The number of thioether (sulfide) groups is 1. The largest absolute Gasteiger partial charge is 0.465 e. The van der Waals surface area contributed by atoms with E-state index < -0.39 is 121 Å². The van der Waals surface area contributed by atoms with Gasteiger partial charge < -0.3 is 47.4 Å². The van der Waals surface area contributed by atoms with Crippen LogP contribution in [0.15, 0.2) is 0 Å². The van der Waals surface area contributed by atoms with Crippen LogP contribution in [0.3, 0.4) is 0 Å². The van der Waals surface area contributed by atoms with Gasteiger partial charge in [-0.1, -0.05) is 0 Å². The van der Waals surface area contributed by atoms with Gasteiger partial charge in [0.05, 0.1) is 5.25 Å². The zero-order valence-electron chi connectivity index (χ0n) is 26.9. The molecule has 2 saturated heterocycles. The van der Waals surface area contributed by atoms with Gasteiger partial charge in [0.25, 0.3) is 0 Å². The molecule has 2 heterocycles. The van der Waals surface area contributed by atoms with E-state index in [1.165, 1.54) is 0 Å². The molecule has 18 nitrogen and oxygen atoms in total. The predicted molar refractivity (Wildman–Crippen MR) is 152 cm³/mol. The number of carbonyl (C=O) groups is 8. The first kappa shape index (κ1) is 39.2. The molecule has 0 amide bonds. The maximum absolute atomic E-state index is 12.3. The third-order valence-electron chi connectivity index (χ3n) is 6.17. The van der Waals surface area contributed by atoms with Crippen LogP contribution in [-0.4, -0.2) is 121 Å². The summed E-state index contributed by atoms with van der Waals surface area (Å²) < 4.78 is 55.1. The van der Waals surface area contributed by atoms with Crippen LogP contribution in [0.1, 0.15) is 55.4 Å². The summed E-state index contributed by atoms with van der Waals surface area (Å²) in [5, 5.41) is -1.05. The van der Waals surface area contributed by atoms with Gasteiger partial charge in [-0.2, -0.15) is 0 Å². The van der Waals surface area contributed by atoms with Crippen LogP contribution in [0.5, 0.6) is 0 Å². The highest BCUT2D eigenvalue weighted by atomic mass is 32.2. The fourth-order valence-corrected chi connectivity index (χ4v) is 6.15. The Morgan fingerprint density at radius 2 is 0.872 bits per heavy atom. The first-order valence-corrected chi connectivity index (χ1v) is 15.1. The third-order valence-corrected chi connectivity index (χ3v) is 7.55. The van der Waals surface area contributed by atoms with Crippen molar-refractivity contribution < 1.29 is 85.7 Å². The van der Waals surface area contributed by atoms with Crippen molar-refractivity contribution in [3.8, 4) is 0 Å². The number of hydrogen-bond donors (Lipinski definition) is 0. The van der Waals surface area contributed by atoms with Crippen LogP contribution in [0.25, 0.3) is 0 Å². The number of carbonyl (C=O) groups excluding carboxylic acids is 8. The van der Waals surface area contributed by atoms with E-state index in [-0.39, 0.29) is 0 Å². The molecule has 0 radical (unpaired) electrons. The van der Waals surface area contributed by atoms with Crippen LogP contribution < -0.4 is 0 Å². The van der Waals surface area contributed by atoms with Crippen molar-refractivity contribution in [2.45, 2.75) is 115 Å². The minimum absolute atomic E-state index is 0.432. The molecule has 2 aliphatic rings. The molecule has 0 aromatic carbocycles. The van der Waals surface area contributed by atoms with Crippen molar-refractivity contribution >= 4 is 59.5 Å². The van der Waals surface area contributed by atoms with Gasteiger partial charge in [0.15, 0.2) is 42.2 Å². The Labute approximate surface area is 273 Å². The van der Waals surface area contributed by atoms with E-state index >= 15 is 0 Å². The van der Waals surface area contributed by atoms with E-state index in [1.54, 1.807) is 0 Å². The van der Waals surface area contributed by atoms with Gasteiger partial charge in [-0.25, -0.2) is 0 Å². The predicted octanol–water partition coefficient (Wildman–Crippen LogP) is -0.114. The zero-order valence-corrected chi connectivity index (χ0v) is 27.8. The highest BCUT2D eigenvalue weighted by Gasteiger charge is 2.57. The summed E-state index contributed by atoms with van der Waals surface area (Å²) in [6.45, 7) is 7.52. The molecular formula is C28H38O18S. The summed E-state index contributed by atoms with van der Waals surface area (Å²) in [4.78, 5) is 96.5. The van der Waals surface area contributed by atoms with Crippen molar-refractivity contribution in [2.75, 3.05) is 13.2 Å². The SMILES string of the molecule is CC(=O)OC[C@H]1O[C@@H](O[C@H]2[C@H](OC(C)=O)[C@@H](OC(C)=O)[C@H](OC(C)=O)S[C@@H]2COC(C)=O)[C@H](OC(C)=O)[C@@H](OC(C)=O)[C@H]1OC(C)=O. The van der Waals surface area contributed by atoms with Crippen LogP contribution >= 0.6 is 11.8 Å². The molecule has 19 heteroatoms. The van der Waals surface area contributed by atoms with Gasteiger partial charge in [0.2, 0.25) is 0 Å². The Hall–Kier alpha value is -3.97. The Balaban J connectivity index is 2.73. The van der Waals surface area contributed by atoms with Gasteiger partial charge in [0, 0.05) is 55.4 Å². The normalized spacial score (nSPS) is 30.0. The van der Waals surface area contributed by atoms with E-state index in [0.29, 0.717) is 0 Å².